The standard InChI is InChI=1S/C13H16N4O2/c1-3-9-12(14)13(17(2)16-9)15-8-4-5-10-11(6-8)19-7-18-10/h4-6,15H,3,7,14H2,1-2H3. The van der Waals surface area contributed by atoms with Crippen LogP contribution in [-0.4, -0.2) is 16.6 Å². The molecule has 1 aliphatic heterocycles. The minimum absolute atomic E-state index is 0.270. The molecule has 0 bridgehead atoms. The van der Waals surface area contributed by atoms with Gasteiger partial charge in [-0.2, -0.15) is 5.10 Å². The lowest BCUT2D eigenvalue weighted by Gasteiger charge is -2.08. The molecule has 3 rings (SSSR count). The average molecular weight is 260 g/mol. The minimum atomic E-state index is 0.270. The number of aromatic nitrogens is 2. The molecule has 1 aromatic heterocycles. The van der Waals surface area contributed by atoms with Crippen LogP contribution < -0.4 is 20.5 Å². The number of nitrogens with one attached hydrogen (secondary N) is 1. The first-order valence-corrected chi connectivity index (χ1v) is 6.17. The first kappa shape index (κ1) is 11.7. The summed E-state index contributed by atoms with van der Waals surface area (Å²) in [4.78, 5) is 0. The number of ether oxygens (including phenoxy) is 2. The van der Waals surface area contributed by atoms with Crippen molar-refractivity contribution in [3.8, 4) is 11.5 Å². The molecule has 2 aromatic rings. The van der Waals surface area contributed by atoms with E-state index in [0.29, 0.717) is 5.69 Å². The van der Waals surface area contributed by atoms with E-state index in [1.165, 1.54) is 0 Å². The highest BCUT2D eigenvalue weighted by Gasteiger charge is 2.16. The smallest absolute Gasteiger partial charge is 0.231 e. The molecule has 0 saturated heterocycles. The van der Waals surface area contributed by atoms with E-state index in [1.54, 1.807) is 4.68 Å². The Kier molecular flexibility index (Phi) is 2.70. The summed E-state index contributed by atoms with van der Waals surface area (Å²) in [7, 11) is 1.87. The summed E-state index contributed by atoms with van der Waals surface area (Å²) in [6.45, 7) is 2.30. The van der Waals surface area contributed by atoms with E-state index in [1.807, 2.05) is 32.2 Å². The fourth-order valence-corrected chi connectivity index (χ4v) is 2.12. The molecule has 2 heterocycles. The van der Waals surface area contributed by atoms with Gasteiger partial charge in [-0.25, -0.2) is 0 Å². The Labute approximate surface area is 111 Å². The third kappa shape index (κ3) is 1.95. The van der Waals surface area contributed by atoms with Gasteiger partial charge in [0.15, 0.2) is 17.3 Å². The number of fused-ring (bicyclic) bond motifs is 1. The second-order valence-electron chi connectivity index (χ2n) is 4.38. The topological polar surface area (TPSA) is 74.3 Å². The van der Waals surface area contributed by atoms with Crippen LogP contribution in [0.1, 0.15) is 12.6 Å². The third-order valence-corrected chi connectivity index (χ3v) is 3.13. The summed E-state index contributed by atoms with van der Waals surface area (Å²) in [5.41, 5.74) is 8.54. The van der Waals surface area contributed by atoms with Crippen LogP contribution in [-0.2, 0) is 13.5 Å². The van der Waals surface area contributed by atoms with Crippen LogP contribution in [0.4, 0.5) is 17.2 Å². The van der Waals surface area contributed by atoms with Gasteiger partial charge in [0, 0.05) is 18.8 Å². The number of hydrogen-bond acceptors (Lipinski definition) is 5. The zero-order valence-electron chi connectivity index (χ0n) is 10.9. The monoisotopic (exact) mass is 260 g/mol. The quantitative estimate of drug-likeness (QED) is 0.883. The lowest BCUT2D eigenvalue weighted by molar-refractivity contribution is 0.174. The number of nitrogens with zero attached hydrogens (tertiary/aromatic N) is 2. The Morgan fingerprint density at radius 2 is 2.16 bits per heavy atom. The highest BCUT2D eigenvalue weighted by atomic mass is 16.7. The van der Waals surface area contributed by atoms with Crippen LogP contribution in [0.5, 0.6) is 11.5 Å². The SMILES string of the molecule is CCc1nn(C)c(Nc2ccc3c(c2)OCO3)c1N. The van der Waals surface area contributed by atoms with Crippen molar-refractivity contribution in [2.75, 3.05) is 17.8 Å². The number of nitrogens with two attached hydrogens (primary N) is 1. The molecule has 0 atom stereocenters. The molecule has 0 radical (unpaired) electrons. The zero-order chi connectivity index (χ0) is 13.4. The molecule has 6 heteroatoms. The molecule has 0 amide bonds. The highest BCUT2D eigenvalue weighted by molar-refractivity contribution is 5.72. The lowest BCUT2D eigenvalue weighted by atomic mass is 10.2. The molecule has 0 spiro atoms. The number of hydrogen-bond donors (Lipinski definition) is 2. The van der Waals surface area contributed by atoms with Gasteiger partial charge in [0.1, 0.15) is 0 Å². The maximum atomic E-state index is 6.07. The van der Waals surface area contributed by atoms with E-state index in [9.17, 15) is 0 Å². The second kappa shape index (κ2) is 4.38. The van der Waals surface area contributed by atoms with E-state index in [-0.39, 0.29) is 6.79 Å². The van der Waals surface area contributed by atoms with Crippen molar-refractivity contribution >= 4 is 17.2 Å². The largest absolute Gasteiger partial charge is 0.454 e. The van der Waals surface area contributed by atoms with Gasteiger partial charge in [-0.3, -0.25) is 4.68 Å². The third-order valence-electron chi connectivity index (χ3n) is 3.13. The average Bonchev–Trinajstić information content (AvgIpc) is 2.97. The molecular weight excluding hydrogens is 244 g/mol. The summed E-state index contributed by atoms with van der Waals surface area (Å²) < 4.78 is 12.4. The van der Waals surface area contributed by atoms with Crippen molar-refractivity contribution in [2.24, 2.45) is 7.05 Å². The Hall–Kier alpha value is -2.37. The molecule has 1 aliphatic rings. The molecule has 100 valence electrons. The number of anilines is 3. The van der Waals surface area contributed by atoms with Crippen LogP contribution in [0, 0.1) is 0 Å². The number of aryl methyl sites for hydroxylation is 2. The van der Waals surface area contributed by atoms with Gasteiger partial charge in [-0.1, -0.05) is 6.92 Å². The van der Waals surface area contributed by atoms with Crippen LogP contribution in [0.25, 0.3) is 0 Å². The molecule has 0 saturated carbocycles. The molecule has 3 N–H and O–H groups in total. The Morgan fingerprint density at radius 3 is 2.89 bits per heavy atom. The molecule has 0 fully saturated rings. The molecule has 1 aromatic carbocycles. The van der Waals surface area contributed by atoms with Gasteiger partial charge in [0.2, 0.25) is 6.79 Å². The number of rotatable bonds is 3. The van der Waals surface area contributed by atoms with Crippen LogP contribution in [0.2, 0.25) is 0 Å². The maximum Gasteiger partial charge on any atom is 0.231 e. The molecule has 0 aliphatic carbocycles. The van der Waals surface area contributed by atoms with E-state index in [0.717, 1.165) is 35.1 Å². The predicted molar refractivity (Wildman–Crippen MR) is 72.8 cm³/mol. The summed E-state index contributed by atoms with van der Waals surface area (Å²) in [5, 5.41) is 7.64. The highest BCUT2D eigenvalue weighted by Crippen LogP contribution is 2.36. The molecular formula is C13H16N4O2. The molecule has 0 unspecified atom stereocenters. The lowest BCUT2D eigenvalue weighted by Crippen LogP contribution is -2.01. The van der Waals surface area contributed by atoms with E-state index in [4.69, 9.17) is 15.2 Å². The van der Waals surface area contributed by atoms with Gasteiger partial charge < -0.3 is 20.5 Å². The normalized spacial score (nSPS) is 12.7. The van der Waals surface area contributed by atoms with Crippen LogP contribution in [0.15, 0.2) is 18.2 Å². The van der Waals surface area contributed by atoms with Gasteiger partial charge in [-0.05, 0) is 18.6 Å². The summed E-state index contributed by atoms with van der Waals surface area (Å²) in [6, 6.07) is 5.68. The van der Waals surface area contributed by atoms with Crippen LogP contribution >= 0.6 is 0 Å². The van der Waals surface area contributed by atoms with Crippen molar-refractivity contribution in [3.05, 3.63) is 23.9 Å². The van der Waals surface area contributed by atoms with Crippen LogP contribution in [0.3, 0.4) is 0 Å². The van der Waals surface area contributed by atoms with E-state index >= 15 is 0 Å². The summed E-state index contributed by atoms with van der Waals surface area (Å²) in [5.74, 6) is 2.29. The minimum Gasteiger partial charge on any atom is -0.454 e. The second-order valence-corrected chi connectivity index (χ2v) is 4.38. The predicted octanol–water partition coefficient (Wildman–Crippen LogP) is 2.04. The van der Waals surface area contributed by atoms with Crippen molar-refractivity contribution in [3.63, 3.8) is 0 Å². The number of benzene rings is 1. The van der Waals surface area contributed by atoms with Crippen molar-refractivity contribution in [1.82, 2.24) is 9.78 Å². The van der Waals surface area contributed by atoms with Gasteiger partial charge in [0.05, 0.1) is 11.4 Å². The first-order valence-electron chi connectivity index (χ1n) is 6.17. The number of nitrogen functional groups attached to an aromatic ring is 1. The van der Waals surface area contributed by atoms with Crippen molar-refractivity contribution in [2.45, 2.75) is 13.3 Å². The Morgan fingerprint density at radius 1 is 1.37 bits per heavy atom. The van der Waals surface area contributed by atoms with E-state index < -0.39 is 0 Å². The summed E-state index contributed by atoms with van der Waals surface area (Å²) in [6.07, 6.45) is 0.808. The zero-order valence-corrected chi connectivity index (χ0v) is 10.9. The van der Waals surface area contributed by atoms with Crippen molar-refractivity contribution < 1.29 is 9.47 Å². The van der Waals surface area contributed by atoms with Gasteiger partial charge >= 0.3 is 0 Å². The Bertz CT molecular complexity index is 621. The molecule has 19 heavy (non-hydrogen) atoms. The maximum absolute atomic E-state index is 6.07. The Balaban J connectivity index is 1.91. The van der Waals surface area contributed by atoms with Gasteiger partial charge in [-0.15, -0.1) is 0 Å². The van der Waals surface area contributed by atoms with Gasteiger partial charge in [0.25, 0.3) is 0 Å². The fourth-order valence-electron chi connectivity index (χ4n) is 2.12. The van der Waals surface area contributed by atoms with Crippen molar-refractivity contribution in [1.29, 1.82) is 0 Å². The van der Waals surface area contributed by atoms with E-state index in [2.05, 4.69) is 10.4 Å². The summed E-state index contributed by atoms with van der Waals surface area (Å²) >= 11 is 0. The first-order chi connectivity index (χ1) is 9.19. The fraction of sp³-hybridized carbons (Fsp3) is 0.308. The molecule has 6 nitrogen and oxygen atoms in total.